The van der Waals surface area contributed by atoms with Crippen LogP contribution in [0.1, 0.15) is 11.1 Å². The van der Waals surface area contributed by atoms with Crippen molar-refractivity contribution < 1.29 is 9.59 Å². The highest BCUT2D eigenvalue weighted by molar-refractivity contribution is 8.04. The molecule has 0 saturated carbocycles. The maximum absolute atomic E-state index is 13.2. The van der Waals surface area contributed by atoms with Gasteiger partial charge in [-0.2, -0.15) is 0 Å². The second-order valence-electron chi connectivity index (χ2n) is 6.62. The fourth-order valence-corrected chi connectivity index (χ4v) is 4.36. The first-order chi connectivity index (χ1) is 14.1. The molecule has 1 aliphatic heterocycles. The summed E-state index contributed by atoms with van der Waals surface area (Å²) in [6.07, 6.45) is 0.624. The van der Waals surface area contributed by atoms with E-state index in [0.29, 0.717) is 28.5 Å². The highest BCUT2D eigenvalue weighted by atomic mass is 35.5. The summed E-state index contributed by atoms with van der Waals surface area (Å²) in [4.78, 5) is 29.1. The first kappa shape index (κ1) is 19.5. The van der Waals surface area contributed by atoms with E-state index >= 15 is 0 Å². The average molecular weight is 420 g/mol. The Kier molecular flexibility index (Phi) is 5.84. The zero-order valence-electron chi connectivity index (χ0n) is 15.5. The van der Waals surface area contributed by atoms with Crippen LogP contribution < -0.4 is 0 Å². The van der Waals surface area contributed by atoms with E-state index in [9.17, 15) is 9.59 Å². The van der Waals surface area contributed by atoms with Gasteiger partial charge < -0.3 is 0 Å². The van der Waals surface area contributed by atoms with Crippen molar-refractivity contribution in [3.05, 3.63) is 106 Å². The van der Waals surface area contributed by atoms with Gasteiger partial charge in [-0.15, -0.1) is 0 Å². The number of benzene rings is 3. The molecule has 1 aliphatic rings. The molecule has 3 nitrogen and oxygen atoms in total. The SMILES string of the molecule is O=C1C(Sc2ccc(Cl)cc2)=C(c2ccccc2)C(=O)N1CCc1ccccc1. The van der Waals surface area contributed by atoms with Crippen LogP contribution in [0.2, 0.25) is 5.02 Å². The van der Waals surface area contributed by atoms with Crippen molar-refractivity contribution in [2.45, 2.75) is 11.3 Å². The van der Waals surface area contributed by atoms with E-state index in [1.165, 1.54) is 16.7 Å². The summed E-state index contributed by atoms with van der Waals surface area (Å²) in [7, 11) is 0. The molecule has 3 aromatic carbocycles. The third-order valence-corrected chi connectivity index (χ3v) is 6.03. The van der Waals surface area contributed by atoms with E-state index in [0.717, 1.165) is 16.0 Å². The number of nitrogens with zero attached hydrogens (tertiary/aromatic N) is 1. The normalized spacial score (nSPS) is 14.0. The molecule has 0 spiro atoms. The van der Waals surface area contributed by atoms with Gasteiger partial charge in [-0.05, 0) is 41.8 Å². The van der Waals surface area contributed by atoms with E-state index < -0.39 is 0 Å². The van der Waals surface area contributed by atoms with Gasteiger partial charge in [-0.25, -0.2) is 0 Å². The van der Waals surface area contributed by atoms with Crippen molar-refractivity contribution in [2.24, 2.45) is 0 Å². The largest absolute Gasteiger partial charge is 0.274 e. The number of halogens is 1. The zero-order valence-corrected chi connectivity index (χ0v) is 17.1. The third-order valence-electron chi connectivity index (χ3n) is 4.69. The van der Waals surface area contributed by atoms with Crippen LogP contribution in [-0.4, -0.2) is 23.3 Å². The van der Waals surface area contributed by atoms with Crippen molar-refractivity contribution in [3.63, 3.8) is 0 Å². The Bertz CT molecular complexity index is 1060. The Balaban J connectivity index is 1.65. The molecule has 29 heavy (non-hydrogen) atoms. The minimum Gasteiger partial charge on any atom is -0.274 e. The van der Waals surface area contributed by atoms with E-state index in [2.05, 4.69) is 0 Å². The van der Waals surface area contributed by atoms with Gasteiger partial charge in [0.05, 0.1) is 10.5 Å². The number of hydrogen-bond donors (Lipinski definition) is 0. The van der Waals surface area contributed by atoms with Gasteiger partial charge in [-0.1, -0.05) is 84.0 Å². The summed E-state index contributed by atoms with van der Waals surface area (Å²) in [5.74, 6) is -0.488. The van der Waals surface area contributed by atoms with Gasteiger partial charge in [0, 0.05) is 16.5 Å². The van der Waals surface area contributed by atoms with Crippen LogP contribution in [0.5, 0.6) is 0 Å². The summed E-state index contributed by atoms with van der Waals surface area (Å²) in [5, 5.41) is 0.630. The molecule has 2 amide bonds. The Hall–Kier alpha value is -2.82. The van der Waals surface area contributed by atoms with Crippen molar-refractivity contribution >= 4 is 40.8 Å². The van der Waals surface area contributed by atoms with E-state index in [-0.39, 0.29) is 11.8 Å². The molecule has 0 bridgehead atoms. The molecule has 3 aromatic rings. The standard InChI is InChI=1S/C24H18ClNO2S/c25-19-11-13-20(14-12-19)29-22-21(18-9-5-2-6-10-18)23(27)26(24(22)28)16-15-17-7-3-1-4-8-17/h1-14H,15-16H2. The van der Waals surface area contributed by atoms with E-state index in [1.807, 2.05) is 72.8 Å². The van der Waals surface area contributed by atoms with Crippen molar-refractivity contribution in [3.8, 4) is 0 Å². The van der Waals surface area contributed by atoms with Crippen LogP contribution in [0.15, 0.2) is 94.7 Å². The lowest BCUT2D eigenvalue weighted by molar-refractivity contribution is -0.136. The Morgan fingerprint density at radius 3 is 2.03 bits per heavy atom. The number of thioether (sulfide) groups is 1. The maximum Gasteiger partial charge on any atom is 0.268 e. The maximum atomic E-state index is 13.2. The van der Waals surface area contributed by atoms with Crippen LogP contribution >= 0.6 is 23.4 Å². The molecule has 0 saturated heterocycles. The summed E-state index contributed by atoms with van der Waals surface area (Å²) >= 11 is 7.29. The molecule has 0 aromatic heterocycles. The Labute approximate surface area is 179 Å². The van der Waals surface area contributed by atoms with Gasteiger partial charge in [0.1, 0.15) is 0 Å². The summed E-state index contributed by atoms with van der Waals surface area (Å²) in [6, 6.07) is 26.5. The first-order valence-corrected chi connectivity index (χ1v) is 10.5. The molecule has 1 heterocycles. The number of rotatable bonds is 6. The van der Waals surface area contributed by atoms with Crippen LogP contribution in [-0.2, 0) is 16.0 Å². The summed E-state index contributed by atoms with van der Waals surface area (Å²) in [5.41, 5.74) is 2.31. The monoisotopic (exact) mass is 419 g/mol. The topological polar surface area (TPSA) is 37.4 Å². The Morgan fingerprint density at radius 2 is 1.38 bits per heavy atom. The van der Waals surface area contributed by atoms with E-state index in [4.69, 9.17) is 11.6 Å². The van der Waals surface area contributed by atoms with Gasteiger partial charge >= 0.3 is 0 Å². The molecule has 4 rings (SSSR count). The third kappa shape index (κ3) is 4.29. The van der Waals surface area contributed by atoms with Gasteiger partial charge in [0.15, 0.2) is 0 Å². The van der Waals surface area contributed by atoms with Gasteiger partial charge in [0.2, 0.25) is 0 Å². The minimum absolute atomic E-state index is 0.242. The smallest absolute Gasteiger partial charge is 0.268 e. The number of carbonyl (C=O) groups excluding carboxylic acids is 2. The van der Waals surface area contributed by atoms with E-state index in [1.54, 1.807) is 12.1 Å². The number of amides is 2. The molecule has 144 valence electrons. The van der Waals surface area contributed by atoms with Crippen LogP contribution in [0.3, 0.4) is 0 Å². The summed E-state index contributed by atoms with van der Waals surface area (Å²) in [6.45, 7) is 0.350. The highest BCUT2D eigenvalue weighted by Gasteiger charge is 2.39. The van der Waals surface area contributed by atoms with Crippen molar-refractivity contribution in [1.29, 1.82) is 0 Å². The molecule has 0 radical (unpaired) electrons. The predicted molar refractivity (Wildman–Crippen MR) is 118 cm³/mol. The quantitative estimate of drug-likeness (QED) is 0.498. The van der Waals surface area contributed by atoms with Gasteiger partial charge in [0.25, 0.3) is 11.8 Å². The molecular formula is C24H18ClNO2S. The molecule has 0 aliphatic carbocycles. The van der Waals surface area contributed by atoms with Gasteiger partial charge in [-0.3, -0.25) is 14.5 Å². The lowest BCUT2D eigenvalue weighted by Gasteiger charge is -2.15. The van der Waals surface area contributed by atoms with Crippen LogP contribution in [0.25, 0.3) is 5.57 Å². The highest BCUT2D eigenvalue weighted by Crippen LogP contribution is 2.39. The predicted octanol–water partition coefficient (Wildman–Crippen LogP) is 5.45. The molecule has 5 heteroatoms. The second kappa shape index (κ2) is 8.68. The Morgan fingerprint density at radius 1 is 0.759 bits per heavy atom. The average Bonchev–Trinajstić information content (AvgIpc) is 2.99. The van der Waals surface area contributed by atoms with Crippen LogP contribution in [0, 0.1) is 0 Å². The lowest BCUT2D eigenvalue weighted by Crippen LogP contribution is -2.33. The molecule has 0 fully saturated rings. The number of hydrogen-bond acceptors (Lipinski definition) is 3. The number of imide groups is 1. The summed E-state index contributed by atoms with van der Waals surface area (Å²) < 4.78 is 0. The lowest BCUT2D eigenvalue weighted by atomic mass is 10.1. The second-order valence-corrected chi connectivity index (χ2v) is 8.14. The number of carbonyl (C=O) groups is 2. The fourth-order valence-electron chi connectivity index (χ4n) is 3.22. The molecule has 0 N–H and O–H groups in total. The first-order valence-electron chi connectivity index (χ1n) is 9.27. The van der Waals surface area contributed by atoms with Crippen LogP contribution in [0.4, 0.5) is 0 Å². The fraction of sp³-hybridized carbons (Fsp3) is 0.0833. The minimum atomic E-state index is -0.246. The molecule has 0 atom stereocenters. The molecule has 0 unspecified atom stereocenters. The zero-order chi connectivity index (χ0) is 20.2. The van der Waals surface area contributed by atoms with Crippen molar-refractivity contribution in [2.75, 3.05) is 6.54 Å². The molecular weight excluding hydrogens is 402 g/mol. The van der Waals surface area contributed by atoms with Crippen molar-refractivity contribution in [1.82, 2.24) is 4.90 Å².